The molecule has 0 aliphatic carbocycles. The lowest BCUT2D eigenvalue weighted by Crippen LogP contribution is -2.09. The highest BCUT2D eigenvalue weighted by Crippen LogP contribution is 2.25. The molecular formula is C5H9N5O2. The standard InChI is InChI=1S/C5H9N5O2/c1-3-4(7-6)5(10(11)12)9(2)8-3/h7H,6H2,1-2H3. The average molecular weight is 171 g/mol. The summed E-state index contributed by atoms with van der Waals surface area (Å²) in [5.41, 5.74) is 3.00. The Hall–Kier alpha value is -1.63. The summed E-state index contributed by atoms with van der Waals surface area (Å²) in [5, 5.41) is 14.3. The lowest BCUT2D eigenvalue weighted by molar-refractivity contribution is -0.391. The first kappa shape index (κ1) is 8.47. The van der Waals surface area contributed by atoms with Gasteiger partial charge in [-0.25, -0.2) is 0 Å². The van der Waals surface area contributed by atoms with Gasteiger partial charge < -0.3 is 15.5 Å². The molecule has 0 saturated carbocycles. The zero-order valence-electron chi connectivity index (χ0n) is 6.74. The maximum atomic E-state index is 10.5. The molecule has 0 aliphatic rings. The van der Waals surface area contributed by atoms with Crippen molar-refractivity contribution in [3.05, 3.63) is 15.8 Å². The fourth-order valence-corrected chi connectivity index (χ4v) is 1.02. The van der Waals surface area contributed by atoms with E-state index in [2.05, 4.69) is 10.5 Å². The lowest BCUT2D eigenvalue weighted by atomic mass is 10.4. The van der Waals surface area contributed by atoms with Gasteiger partial charge in [0.1, 0.15) is 12.7 Å². The van der Waals surface area contributed by atoms with Crippen LogP contribution < -0.4 is 11.3 Å². The van der Waals surface area contributed by atoms with E-state index >= 15 is 0 Å². The molecule has 1 rings (SSSR count). The number of hydrazine groups is 1. The van der Waals surface area contributed by atoms with Crippen LogP contribution >= 0.6 is 0 Å². The minimum absolute atomic E-state index is 0.130. The number of aromatic nitrogens is 2. The summed E-state index contributed by atoms with van der Waals surface area (Å²) in [6, 6.07) is 0. The molecule has 1 aromatic heterocycles. The van der Waals surface area contributed by atoms with Gasteiger partial charge in [0.05, 0.1) is 0 Å². The maximum absolute atomic E-state index is 10.5. The monoisotopic (exact) mass is 171 g/mol. The molecule has 0 bridgehead atoms. The van der Waals surface area contributed by atoms with Crippen LogP contribution in [0.3, 0.4) is 0 Å². The molecule has 7 nitrogen and oxygen atoms in total. The smallest absolute Gasteiger partial charge is 0.358 e. The number of nitrogens with two attached hydrogens (primary N) is 1. The Bertz CT molecular complexity index is 318. The van der Waals surface area contributed by atoms with Crippen molar-refractivity contribution in [1.29, 1.82) is 0 Å². The number of aryl methyl sites for hydroxylation is 2. The van der Waals surface area contributed by atoms with Crippen LogP contribution in [0.25, 0.3) is 0 Å². The number of hydrogen-bond donors (Lipinski definition) is 2. The van der Waals surface area contributed by atoms with Crippen molar-refractivity contribution in [2.75, 3.05) is 5.43 Å². The average Bonchev–Trinajstić information content (AvgIpc) is 2.24. The van der Waals surface area contributed by atoms with Gasteiger partial charge in [0, 0.05) is 0 Å². The molecular weight excluding hydrogens is 162 g/mol. The molecule has 12 heavy (non-hydrogen) atoms. The molecule has 0 aliphatic heterocycles. The molecule has 0 amide bonds. The van der Waals surface area contributed by atoms with Gasteiger partial charge in [-0.2, -0.15) is 0 Å². The van der Waals surface area contributed by atoms with Crippen LogP contribution in [0.1, 0.15) is 5.69 Å². The van der Waals surface area contributed by atoms with Crippen LogP contribution in [0.2, 0.25) is 0 Å². The number of nitrogen functional groups attached to an aromatic ring is 1. The molecule has 0 fully saturated rings. The second kappa shape index (κ2) is 2.78. The summed E-state index contributed by atoms with van der Waals surface area (Å²) in [6.45, 7) is 1.64. The van der Waals surface area contributed by atoms with E-state index in [9.17, 15) is 10.1 Å². The summed E-state index contributed by atoms with van der Waals surface area (Å²) >= 11 is 0. The Morgan fingerprint density at radius 3 is 2.67 bits per heavy atom. The Kier molecular flexibility index (Phi) is 1.96. The van der Waals surface area contributed by atoms with Crippen molar-refractivity contribution in [3.8, 4) is 0 Å². The molecule has 0 radical (unpaired) electrons. The van der Waals surface area contributed by atoms with Crippen LogP contribution in [0.5, 0.6) is 0 Å². The number of rotatable bonds is 2. The van der Waals surface area contributed by atoms with Crippen LogP contribution in [0.4, 0.5) is 11.5 Å². The van der Waals surface area contributed by atoms with Crippen molar-refractivity contribution in [2.45, 2.75) is 6.92 Å². The van der Waals surface area contributed by atoms with E-state index < -0.39 is 4.92 Å². The van der Waals surface area contributed by atoms with Gasteiger partial charge >= 0.3 is 5.82 Å². The van der Waals surface area contributed by atoms with Gasteiger partial charge in [-0.05, 0) is 11.8 Å². The third-order valence-corrected chi connectivity index (χ3v) is 1.51. The first-order valence-electron chi connectivity index (χ1n) is 3.22. The third kappa shape index (κ3) is 1.10. The van der Waals surface area contributed by atoms with Crippen molar-refractivity contribution in [3.63, 3.8) is 0 Å². The minimum atomic E-state index is -0.533. The first-order valence-corrected chi connectivity index (χ1v) is 3.22. The zero-order chi connectivity index (χ0) is 9.30. The molecule has 0 atom stereocenters. The summed E-state index contributed by atoms with van der Waals surface area (Å²) in [4.78, 5) is 9.93. The van der Waals surface area contributed by atoms with Crippen LogP contribution in [0.15, 0.2) is 0 Å². The number of nitro groups is 1. The highest BCUT2D eigenvalue weighted by molar-refractivity contribution is 5.60. The van der Waals surface area contributed by atoms with Crippen molar-refractivity contribution >= 4 is 11.5 Å². The summed E-state index contributed by atoms with van der Waals surface area (Å²) < 4.78 is 1.17. The van der Waals surface area contributed by atoms with E-state index in [0.29, 0.717) is 5.69 Å². The highest BCUT2D eigenvalue weighted by atomic mass is 16.6. The fourth-order valence-electron chi connectivity index (χ4n) is 1.02. The summed E-state index contributed by atoms with van der Waals surface area (Å²) in [7, 11) is 1.49. The van der Waals surface area contributed by atoms with E-state index in [-0.39, 0.29) is 11.5 Å². The second-order valence-electron chi connectivity index (χ2n) is 2.31. The van der Waals surface area contributed by atoms with Crippen molar-refractivity contribution in [1.82, 2.24) is 9.78 Å². The van der Waals surface area contributed by atoms with Crippen molar-refractivity contribution in [2.24, 2.45) is 12.9 Å². The number of hydrogen-bond acceptors (Lipinski definition) is 5. The minimum Gasteiger partial charge on any atom is -0.358 e. The highest BCUT2D eigenvalue weighted by Gasteiger charge is 2.21. The van der Waals surface area contributed by atoms with Gasteiger partial charge in [-0.3, -0.25) is 5.84 Å². The van der Waals surface area contributed by atoms with E-state index in [0.717, 1.165) is 0 Å². The second-order valence-corrected chi connectivity index (χ2v) is 2.31. The molecule has 1 aromatic rings. The Morgan fingerprint density at radius 2 is 2.33 bits per heavy atom. The van der Waals surface area contributed by atoms with Gasteiger partial charge in [0.25, 0.3) is 0 Å². The Morgan fingerprint density at radius 1 is 1.75 bits per heavy atom. The van der Waals surface area contributed by atoms with Gasteiger partial charge in [0.15, 0.2) is 5.69 Å². The maximum Gasteiger partial charge on any atom is 0.369 e. The molecule has 0 unspecified atom stereocenters. The third-order valence-electron chi connectivity index (χ3n) is 1.51. The van der Waals surface area contributed by atoms with Crippen LogP contribution in [-0.4, -0.2) is 14.7 Å². The predicted molar refractivity (Wildman–Crippen MR) is 42.4 cm³/mol. The number of nitrogens with one attached hydrogen (secondary N) is 1. The number of anilines is 1. The SMILES string of the molecule is Cc1nn(C)c([N+](=O)[O-])c1NN. The summed E-state index contributed by atoms with van der Waals surface area (Å²) in [6.07, 6.45) is 0. The van der Waals surface area contributed by atoms with E-state index in [4.69, 9.17) is 5.84 Å². The largest absolute Gasteiger partial charge is 0.369 e. The molecule has 0 aromatic carbocycles. The molecule has 0 spiro atoms. The van der Waals surface area contributed by atoms with Gasteiger partial charge in [0.2, 0.25) is 0 Å². The Labute approximate surface area is 68.3 Å². The van der Waals surface area contributed by atoms with Crippen molar-refractivity contribution < 1.29 is 4.92 Å². The van der Waals surface area contributed by atoms with Gasteiger partial charge in [-0.1, -0.05) is 5.10 Å². The molecule has 3 N–H and O–H groups in total. The Balaban J connectivity index is 3.32. The normalized spacial score (nSPS) is 9.92. The predicted octanol–water partition coefficient (Wildman–Crippen LogP) is -0.0777. The molecule has 1 heterocycles. The van der Waals surface area contributed by atoms with E-state index in [1.807, 2.05) is 0 Å². The first-order chi connectivity index (χ1) is 5.57. The quantitative estimate of drug-likeness (QED) is 0.368. The zero-order valence-corrected chi connectivity index (χ0v) is 6.74. The van der Waals surface area contributed by atoms with Gasteiger partial charge in [-0.15, -0.1) is 4.68 Å². The van der Waals surface area contributed by atoms with E-state index in [1.165, 1.54) is 11.7 Å². The van der Waals surface area contributed by atoms with Crippen LogP contribution in [-0.2, 0) is 7.05 Å². The van der Waals surface area contributed by atoms with E-state index in [1.54, 1.807) is 6.92 Å². The fraction of sp³-hybridized carbons (Fsp3) is 0.400. The number of nitrogens with zero attached hydrogens (tertiary/aromatic N) is 3. The molecule has 7 heteroatoms. The topological polar surface area (TPSA) is 99.0 Å². The van der Waals surface area contributed by atoms with Crippen LogP contribution in [0, 0.1) is 17.0 Å². The molecule has 0 saturated heterocycles. The lowest BCUT2D eigenvalue weighted by Gasteiger charge is -1.97. The summed E-state index contributed by atoms with van der Waals surface area (Å²) in [5.74, 6) is 4.97. The molecule has 66 valence electrons.